The van der Waals surface area contributed by atoms with E-state index in [9.17, 15) is 22.8 Å². The topological polar surface area (TPSA) is 144 Å². The van der Waals surface area contributed by atoms with E-state index < -0.39 is 39.7 Å². The van der Waals surface area contributed by atoms with Gasteiger partial charge >= 0.3 is 0 Å². The molecule has 1 unspecified atom stereocenters. The van der Waals surface area contributed by atoms with Crippen molar-refractivity contribution in [2.24, 2.45) is 13.0 Å². The number of carbonyl (C=O) groups is 3. The molecule has 0 aliphatic carbocycles. The number of amides is 2. The van der Waals surface area contributed by atoms with Crippen LogP contribution in [0.2, 0.25) is 0 Å². The minimum atomic E-state index is -3.94. The molecule has 4 rings (SSSR count). The zero-order valence-corrected chi connectivity index (χ0v) is 21.8. The molecular formula is C25H31N5O6S. The maximum atomic E-state index is 13.2. The van der Waals surface area contributed by atoms with Gasteiger partial charge in [0, 0.05) is 25.2 Å². The number of fused-ring (bicyclic) bond motifs is 1. The first-order chi connectivity index (χ1) is 17.5. The minimum absolute atomic E-state index is 0.0792. The number of rotatable bonds is 8. The van der Waals surface area contributed by atoms with Crippen LogP contribution in [-0.2, 0) is 26.7 Å². The molecule has 2 atom stereocenters. The molecule has 0 bridgehead atoms. The molecule has 3 aromatic rings. The summed E-state index contributed by atoms with van der Waals surface area (Å²) in [6.45, 7) is 3.61. The Hall–Kier alpha value is -3.51. The lowest BCUT2D eigenvalue weighted by Crippen LogP contribution is -2.52. The van der Waals surface area contributed by atoms with Crippen molar-refractivity contribution in [1.82, 2.24) is 24.5 Å². The van der Waals surface area contributed by atoms with E-state index in [0.717, 1.165) is 9.69 Å². The number of nitrogens with one attached hydrogen (secondary N) is 2. The Kier molecular flexibility index (Phi) is 7.79. The van der Waals surface area contributed by atoms with Gasteiger partial charge in [-0.3, -0.25) is 14.4 Å². The van der Waals surface area contributed by atoms with Crippen molar-refractivity contribution in [2.75, 3.05) is 13.1 Å². The molecule has 11 nitrogen and oxygen atoms in total. The summed E-state index contributed by atoms with van der Waals surface area (Å²) in [7, 11) is -2.28. The number of Topliss-reactive ketones (excluding diaryl/α,β-unsaturated/α-hetero) is 1. The second-order valence-corrected chi connectivity index (χ2v) is 11.6. The number of furan rings is 1. The Morgan fingerprint density at radius 2 is 2.00 bits per heavy atom. The Labute approximate surface area is 215 Å². The zero-order chi connectivity index (χ0) is 26.7. The van der Waals surface area contributed by atoms with Crippen LogP contribution >= 0.6 is 0 Å². The quantitative estimate of drug-likeness (QED) is 0.453. The van der Waals surface area contributed by atoms with Crippen molar-refractivity contribution in [3.8, 4) is 0 Å². The number of carbonyl (C=O) groups excluding carboxylic acids is 3. The van der Waals surface area contributed by atoms with Gasteiger partial charge < -0.3 is 19.6 Å². The highest BCUT2D eigenvalue weighted by atomic mass is 32.2. The molecule has 2 aromatic heterocycles. The number of ketones is 1. The van der Waals surface area contributed by atoms with Crippen LogP contribution in [0.15, 0.2) is 52.3 Å². The van der Waals surface area contributed by atoms with Crippen molar-refractivity contribution in [3.05, 3.63) is 48.6 Å². The molecule has 0 spiro atoms. The standard InChI is InChI=1S/C25H31N5O6S/c1-16(2)11-19(28-25(33)22-12-17-7-4-5-9-21(17)36-22)24(32)27-18-8-6-10-30(13-20(18)31)37(34,35)23-14-29(3)15-26-23/h4-5,7,9,12,14-16,18-19H,6,8,10-11,13H2,1-3H3,(H,27,32)(H,28,33)/t18-,19?/m0/s1. The molecule has 1 fully saturated rings. The first-order valence-electron chi connectivity index (χ1n) is 12.1. The van der Waals surface area contributed by atoms with Crippen LogP contribution in [0.1, 0.15) is 43.7 Å². The van der Waals surface area contributed by atoms with Crippen molar-refractivity contribution in [2.45, 2.75) is 50.2 Å². The van der Waals surface area contributed by atoms with Crippen molar-refractivity contribution in [1.29, 1.82) is 0 Å². The number of hydrogen-bond donors (Lipinski definition) is 2. The summed E-state index contributed by atoms with van der Waals surface area (Å²) in [5, 5.41) is 6.11. The third kappa shape index (κ3) is 6.08. The second kappa shape index (κ2) is 10.9. The number of sulfonamides is 1. The lowest BCUT2D eigenvalue weighted by atomic mass is 10.0. The lowest BCUT2D eigenvalue weighted by molar-refractivity contribution is -0.129. The molecule has 37 heavy (non-hydrogen) atoms. The second-order valence-electron chi connectivity index (χ2n) is 9.69. The van der Waals surface area contributed by atoms with E-state index >= 15 is 0 Å². The Balaban J connectivity index is 1.44. The summed E-state index contributed by atoms with van der Waals surface area (Å²) in [5.41, 5.74) is 0.562. The first kappa shape index (κ1) is 26.6. The SMILES string of the molecule is CC(C)CC(NC(=O)c1cc2ccccc2o1)C(=O)N[C@H]1CCCN(S(=O)(=O)c2cn(C)cn2)CC1=O. The van der Waals surface area contributed by atoms with Crippen LogP contribution in [-0.4, -0.2) is 65.0 Å². The van der Waals surface area contributed by atoms with E-state index in [4.69, 9.17) is 4.42 Å². The molecule has 198 valence electrons. The van der Waals surface area contributed by atoms with Crippen LogP contribution in [0, 0.1) is 5.92 Å². The number of nitrogens with zero attached hydrogens (tertiary/aromatic N) is 3. The highest BCUT2D eigenvalue weighted by molar-refractivity contribution is 7.89. The van der Waals surface area contributed by atoms with E-state index in [2.05, 4.69) is 15.6 Å². The average molecular weight is 530 g/mol. The Morgan fingerprint density at radius 1 is 1.24 bits per heavy atom. The van der Waals surface area contributed by atoms with Crippen LogP contribution < -0.4 is 10.6 Å². The zero-order valence-electron chi connectivity index (χ0n) is 21.0. The van der Waals surface area contributed by atoms with Gasteiger partial charge in [0.05, 0.1) is 18.9 Å². The fourth-order valence-corrected chi connectivity index (χ4v) is 5.72. The fourth-order valence-electron chi connectivity index (χ4n) is 4.31. The number of imidazole rings is 1. The van der Waals surface area contributed by atoms with Crippen LogP contribution in [0.5, 0.6) is 0 Å². The van der Waals surface area contributed by atoms with Crippen molar-refractivity contribution in [3.63, 3.8) is 0 Å². The summed E-state index contributed by atoms with van der Waals surface area (Å²) in [4.78, 5) is 43.0. The largest absolute Gasteiger partial charge is 0.451 e. The number of aryl methyl sites for hydroxylation is 1. The molecule has 3 heterocycles. The van der Waals surface area contributed by atoms with Gasteiger partial charge in [0.15, 0.2) is 16.6 Å². The monoisotopic (exact) mass is 529 g/mol. The van der Waals surface area contributed by atoms with E-state index in [1.165, 1.54) is 17.1 Å². The van der Waals surface area contributed by atoms with Crippen LogP contribution in [0.4, 0.5) is 0 Å². The molecule has 2 amide bonds. The van der Waals surface area contributed by atoms with Gasteiger partial charge in [-0.15, -0.1) is 0 Å². The number of benzene rings is 1. The van der Waals surface area contributed by atoms with E-state index in [-0.39, 0.29) is 36.2 Å². The van der Waals surface area contributed by atoms with E-state index in [1.54, 1.807) is 25.2 Å². The highest BCUT2D eigenvalue weighted by Crippen LogP contribution is 2.20. The summed E-state index contributed by atoms with van der Waals surface area (Å²) in [6, 6.07) is 7.05. The van der Waals surface area contributed by atoms with Crippen LogP contribution in [0.25, 0.3) is 11.0 Å². The summed E-state index contributed by atoms with van der Waals surface area (Å²) in [6.07, 6.45) is 3.77. The molecule has 12 heteroatoms. The van der Waals surface area contributed by atoms with Crippen LogP contribution in [0.3, 0.4) is 0 Å². The third-order valence-electron chi connectivity index (χ3n) is 6.20. The van der Waals surface area contributed by atoms with E-state index in [0.29, 0.717) is 18.4 Å². The van der Waals surface area contributed by atoms with Crippen molar-refractivity contribution >= 4 is 38.6 Å². The maximum Gasteiger partial charge on any atom is 0.287 e. The van der Waals surface area contributed by atoms with Gasteiger partial charge in [0.1, 0.15) is 11.6 Å². The van der Waals surface area contributed by atoms with Gasteiger partial charge in [-0.1, -0.05) is 32.0 Å². The smallest absolute Gasteiger partial charge is 0.287 e. The Morgan fingerprint density at radius 3 is 2.68 bits per heavy atom. The lowest BCUT2D eigenvalue weighted by Gasteiger charge is -2.23. The van der Waals surface area contributed by atoms with Crippen molar-refractivity contribution < 1.29 is 27.2 Å². The number of aromatic nitrogens is 2. The minimum Gasteiger partial charge on any atom is -0.451 e. The summed E-state index contributed by atoms with van der Waals surface area (Å²) in [5.74, 6) is -1.29. The molecule has 1 aromatic carbocycles. The Bertz CT molecular complexity index is 1380. The molecular weight excluding hydrogens is 498 g/mol. The highest BCUT2D eigenvalue weighted by Gasteiger charge is 2.35. The molecule has 1 aliphatic heterocycles. The first-order valence-corrected chi connectivity index (χ1v) is 13.6. The maximum absolute atomic E-state index is 13.2. The van der Waals surface area contributed by atoms with E-state index in [1.807, 2.05) is 26.0 Å². The number of para-hydroxylation sites is 1. The van der Waals surface area contributed by atoms with Gasteiger partial charge in [-0.05, 0) is 37.3 Å². The predicted octanol–water partition coefficient (Wildman–Crippen LogP) is 1.85. The molecule has 1 saturated heterocycles. The fraction of sp³-hybridized carbons (Fsp3) is 0.440. The molecule has 0 saturated carbocycles. The average Bonchev–Trinajstić information content (AvgIpc) is 3.43. The molecule has 0 radical (unpaired) electrons. The van der Waals surface area contributed by atoms with Gasteiger partial charge in [0.2, 0.25) is 5.91 Å². The predicted molar refractivity (Wildman–Crippen MR) is 135 cm³/mol. The van der Waals surface area contributed by atoms with Gasteiger partial charge in [-0.2, -0.15) is 4.31 Å². The van der Waals surface area contributed by atoms with Gasteiger partial charge in [0.25, 0.3) is 15.9 Å². The number of hydrogen-bond acceptors (Lipinski definition) is 7. The summed E-state index contributed by atoms with van der Waals surface area (Å²) < 4.78 is 34.1. The van der Waals surface area contributed by atoms with Gasteiger partial charge in [-0.25, -0.2) is 13.4 Å². The molecule has 1 aliphatic rings. The molecule has 2 N–H and O–H groups in total. The third-order valence-corrected chi connectivity index (χ3v) is 7.93. The summed E-state index contributed by atoms with van der Waals surface area (Å²) >= 11 is 0. The normalized spacial score (nSPS) is 18.1.